The molecule has 0 spiro atoms. The Morgan fingerprint density at radius 2 is 2.04 bits per heavy atom. The largest absolute Gasteiger partial charge is 0.493 e. The summed E-state index contributed by atoms with van der Waals surface area (Å²) in [6.07, 6.45) is 0. The molecule has 1 aromatic heterocycles. The molecule has 0 atom stereocenters. The average molecular weight is 334 g/mol. The quantitative estimate of drug-likeness (QED) is 0.838. The highest BCUT2D eigenvalue weighted by atomic mass is 32.1. The molecular formula is C16H18N2O4S. The van der Waals surface area contributed by atoms with Gasteiger partial charge in [0.1, 0.15) is 0 Å². The van der Waals surface area contributed by atoms with Gasteiger partial charge in [0.25, 0.3) is 11.8 Å². The summed E-state index contributed by atoms with van der Waals surface area (Å²) in [6.45, 7) is 0.303. The Labute approximate surface area is 138 Å². The summed E-state index contributed by atoms with van der Waals surface area (Å²) in [7, 11) is 3.15. The van der Waals surface area contributed by atoms with Crippen LogP contribution in [0, 0.1) is 0 Å². The number of thiophene rings is 1. The molecule has 0 aliphatic heterocycles. The highest BCUT2D eigenvalue weighted by molar-refractivity contribution is 7.09. The lowest BCUT2D eigenvalue weighted by Crippen LogP contribution is -2.31. The molecule has 2 N–H and O–H groups in total. The second-order valence-electron chi connectivity index (χ2n) is 4.82. The normalized spacial score (nSPS) is 10.2. The molecule has 0 saturated heterocycles. The summed E-state index contributed by atoms with van der Waals surface area (Å²) in [5.41, 5.74) is 5.50. The number of amides is 2. The molecule has 0 radical (unpaired) electrons. The number of nitrogens with zero attached hydrogens (tertiary/aromatic N) is 1. The number of primary amides is 1. The Morgan fingerprint density at radius 1 is 1.26 bits per heavy atom. The summed E-state index contributed by atoms with van der Waals surface area (Å²) in [6, 6.07) is 8.70. The minimum atomic E-state index is -0.640. The van der Waals surface area contributed by atoms with Gasteiger partial charge >= 0.3 is 0 Å². The third-order valence-electron chi connectivity index (χ3n) is 3.20. The van der Waals surface area contributed by atoms with Crippen molar-refractivity contribution in [3.05, 3.63) is 46.2 Å². The van der Waals surface area contributed by atoms with Crippen molar-refractivity contribution in [1.82, 2.24) is 4.90 Å². The van der Waals surface area contributed by atoms with Gasteiger partial charge in [0.15, 0.2) is 18.1 Å². The fourth-order valence-electron chi connectivity index (χ4n) is 1.99. The van der Waals surface area contributed by atoms with Gasteiger partial charge in [0.2, 0.25) is 0 Å². The van der Waals surface area contributed by atoms with Crippen molar-refractivity contribution < 1.29 is 19.1 Å². The first kappa shape index (κ1) is 16.8. The predicted octanol–water partition coefficient (Wildman–Crippen LogP) is 1.89. The highest BCUT2D eigenvalue weighted by Gasteiger charge is 2.17. The lowest BCUT2D eigenvalue weighted by Gasteiger charge is -2.18. The molecule has 1 aromatic carbocycles. The van der Waals surface area contributed by atoms with Crippen molar-refractivity contribution in [1.29, 1.82) is 0 Å². The van der Waals surface area contributed by atoms with E-state index < -0.39 is 5.91 Å². The zero-order valence-corrected chi connectivity index (χ0v) is 13.8. The molecule has 2 rings (SSSR count). The van der Waals surface area contributed by atoms with Crippen LogP contribution in [0.25, 0.3) is 0 Å². The molecule has 122 valence electrons. The molecule has 6 nitrogen and oxygen atoms in total. The summed E-state index contributed by atoms with van der Waals surface area (Å²) >= 11 is 1.58. The molecule has 0 bridgehead atoms. The molecule has 2 aromatic rings. The van der Waals surface area contributed by atoms with E-state index in [9.17, 15) is 9.59 Å². The number of carbonyl (C=O) groups is 2. The zero-order valence-electron chi connectivity index (χ0n) is 12.9. The van der Waals surface area contributed by atoms with Crippen LogP contribution in [0.1, 0.15) is 15.2 Å². The van der Waals surface area contributed by atoms with Gasteiger partial charge in [0, 0.05) is 11.9 Å². The molecule has 2 amide bonds. The predicted molar refractivity (Wildman–Crippen MR) is 87.8 cm³/mol. The topological polar surface area (TPSA) is 81.9 Å². The molecular weight excluding hydrogens is 316 g/mol. The van der Waals surface area contributed by atoms with E-state index in [1.165, 1.54) is 13.2 Å². The van der Waals surface area contributed by atoms with E-state index in [4.69, 9.17) is 15.2 Å². The van der Waals surface area contributed by atoms with Crippen LogP contribution in [0.5, 0.6) is 11.5 Å². The highest BCUT2D eigenvalue weighted by Crippen LogP contribution is 2.30. The van der Waals surface area contributed by atoms with E-state index >= 15 is 0 Å². The first-order chi connectivity index (χ1) is 11.0. The lowest BCUT2D eigenvalue weighted by molar-refractivity contribution is -0.132. The van der Waals surface area contributed by atoms with Gasteiger partial charge in [-0.3, -0.25) is 9.59 Å². The molecule has 0 saturated carbocycles. The number of nitrogens with two attached hydrogens (primary N) is 1. The summed E-state index contributed by atoms with van der Waals surface area (Å²) in [4.78, 5) is 26.3. The van der Waals surface area contributed by atoms with Crippen LogP contribution in [-0.4, -0.2) is 37.5 Å². The molecule has 0 aliphatic carbocycles. The zero-order chi connectivity index (χ0) is 16.8. The first-order valence-electron chi connectivity index (χ1n) is 6.89. The monoisotopic (exact) mass is 334 g/mol. The number of hydrogen-bond acceptors (Lipinski definition) is 5. The van der Waals surface area contributed by atoms with Crippen LogP contribution in [-0.2, 0) is 11.3 Å². The van der Waals surface area contributed by atoms with Crippen molar-refractivity contribution in [2.45, 2.75) is 6.54 Å². The van der Waals surface area contributed by atoms with E-state index in [2.05, 4.69) is 0 Å². The van der Waals surface area contributed by atoms with Gasteiger partial charge in [-0.1, -0.05) is 12.1 Å². The van der Waals surface area contributed by atoms with Crippen LogP contribution in [0.3, 0.4) is 0 Å². The lowest BCUT2D eigenvalue weighted by atomic mass is 10.2. The molecule has 0 aliphatic rings. The Hall–Kier alpha value is -2.54. The van der Waals surface area contributed by atoms with Gasteiger partial charge in [0.05, 0.1) is 19.2 Å². The third kappa shape index (κ3) is 4.23. The fraction of sp³-hybridized carbons (Fsp3) is 0.250. The van der Waals surface area contributed by atoms with E-state index in [0.717, 1.165) is 4.88 Å². The second-order valence-corrected chi connectivity index (χ2v) is 5.85. The van der Waals surface area contributed by atoms with E-state index in [-0.39, 0.29) is 23.8 Å². The Morgan fingerprint density at radius 3 is 2.65 bits per heavy atom. The van der Waals surface area contributed by atoms with Gasteiger partial charge in [-0.25, -0.2) is 0 Å². The van der Waals surface area contributed by atoms with Crippen LogP contribution >= 0.6 is 11.3 Å². The van der Waals surface area contributed by atoms with Gasteiger partial charge in [-0.2, -0.15) is 0 Å². The van der Waals surface area contributed by atoms with Crippen LogP contribution in [0.2, 0.25) is 0 Å². The van der Waals surface area contributed by atoms with Crippen LogP contribution in [0.4, 0.5) is 0 Å². The van der Waals surface area contributed by atoms with Crippen molar-refractivity contribution in [3.8, 4) is 11.5 Å². The SMILES string of the molecule is COc1cccc(C(N)=O)c1OCC(=O)N(C)Cc1cccs1. The number of ether oxygens (including phenoxy) is 2. The number of hydrogen-bond donors (Lipinski definition) is 1. The fourth-order valence-corrected chi connectivity index (χ4v) is 2.75. The van der Waals surface area contributed by atoms with Gasteiger partial charge in [-0.05, 0) is 23.6 Å². The Kier molecular flexibility index (Phi) is 5.59. The standard InChI is InChI=1S/C16H18N2O4S/c1-18(9-11-5-4-8-23-11)14(19)10-22-15-12(16(17)20)6-3-7-13(15)21-2/h3-8H,9-10H2,1-2H3,(H2,17,20). The Balaban J connectivity index is 2.05. The Bertz CT molecular complexity index is 685. The number of methoxy groups -OCH3 is 1. The van der Waals surface area contributed by atoms with E-state index in [1.807, 2.05) is 17.5 Å². The summed E-state index contributed by atoms with van der Waals surface area (Å²) in [5.74, 6) is -0.312. The maximum Gasteiger partial charge on any atom is 0.260 e. The maximum absolute atomic E-state index is 12.2. The smallest absolute Gasteiger partial charge is 0.260 e. The number of likely N-dealkylation sites (N-methyl/N-ethyl adjacent to an activating group) is 1. The van der Waals surface area contributed by atoms with Gasteiger partial charge in [-0.15, -0.1) is 11.3 Å². The summed E-state index contributed by atoms with van der Waals surface area (Å²) < 4.78 is 10.7. The van der Waals surface area contributed by atoms with Crippen molar-refractivity contribution in [2.24, 2.45) is 5.73 Å². The number of benzene rings is 1. The van der Waals surface area contributed by atoms with Crippen LogP contribution in [0.15, 0.2) is 35.7 Å². The number of carbonyl (C=O) groups excluding carboxylic acids is 2. The maximum atomic E-state index is 12.2. The van der Waals surface area contributed by atoms with E-state index in [0.29, 0.717) is 12.3 Å². The molecule has 7 heteroatoms. The number of rotatable bonds is 7. The van der Waals surface area contributed by atoms with E-state index in [1.54, 1.807) is 35.4 Å². The van der Waals surface area contributed by atoms with Gasteiger partial charge < -0.3 is 20.1 Å². The van der Waals surface area contributed by atoms with Crippen LogP contribution < -0.4 is 15.2 Å². The molecule has 1 heterocycles. The second kappa shape index (κ2) is 7.64. The number of para-hydroxylation sites is 1. The van der Waals surface area contributed by atoms with Crippen molar-refractivity contribution in [3.63, 3.8) is 0 Å². The third-order valence-corrected chi connectivity index (χ3v) is 4.06. The molecule has 0 fully saturated rings. The van der Waals surface area contributed by atoms with Crippen molar-refractivity contribution in [2.75, 3.05) is 20.8 Å². The molecule has 23 heavy (non-hydrogen) atoms. The minimum Gasteiger partial charge on any atom is -0.493 e. The average Bonchev–Trinajstić information content (AvgIpc) is 3.04. The first-order valence-corrected chi connectivity index (χ1v) is 7.77. The molecule has 0 unspecified atom stereocenters. The minimum absolute atomic E-state index is 0.179. The summed E-state index contributed by atoms with van der Waals surface area (Å²) in [5, 5.41) is 1.96. The van der Waals surface area contributed by atoms with Crippen molar-refractivity contribution >= 4 is 23.2 Å².